The van der Waals surface area contributed by atoms with Crippen molar-refractivity contribution in [3.63, 3.8) is 0 Å². The molecule has 0 fully saturated rings. The van der Waals surface area contributed by atoms with Gasteiger partial charge < -0.3 is 10.2 Å². The third-order valence-corrected chi connectivity index (χ3v) is 1.22. The zero-order valence-corrected chi connectivity index (χ0v) is 7.70. The van der Waals surface area contributed by atoms with Crippen LogP contribution in [0.25, 0.3) is 0 Å². The van der Waals surface area contributed by atoms with Crippen LogP contribution < -0.4 is 0 Å². The summed E-state index contributed by atoms with van der Waals surface area (Å²) in [4.78, 5) is 19.0. The molecular formula is C8H16O4. The first kappa shape index (κ1) is 13.5. The molecule has 0 aliphatic rings. The van der Waals surface area contributed by atoms with Crippen molar-refractivity contribution in [2.45, 2.75) is 33.6 Å². The quantitative estimate of drug-likeness (QED) is 0.684. The Labute approximate surface area is 72.2 Å². The maximum atomic E-state index is 9.97. The van der Waals surface area contributed by atoms with Gasteiger partial charge in [-0.3, -0.25) is 9.59 Å². The summed E-state index contributed by atoms with van der Waals surface area (Å²) in [6.07, 6.45) is 1.25. The van der Waals surface area contributed by atoms with Crippen LogP contribution in [0.1, 0.15) is 33.6 Å². The molecule has 1 unspecified atom stereocenters. The van der Waals surface area contributed by atoms with Crippen molar-refractivity contribution in [2.75, 3.05) is 0 Å². The van der Waals surface area contributed by atoms with E-state index in [0.717, 1.165) is 13.3 Å². The predicted molar refractivity (Wildman–Crippen MR) is 45.0 cm³/mol. The van der Waals surface area contributed by atoms with Crippen molar-refractivity contribution in [3.8, 4) is 0 Å². The van der Waals surface area contributed by atoms with Crippen LogP contribution in [0.15, 0.2) is 0 Å². The third kappa shape index (κ3) is 23.1. The molecule has 12 heavy (non-hydrogen) atoms. The van der Waals surface area contributed by atoms with Gasteiger partial charge in [0, 0.05) is 13.3 Å². The summed E-state index contributed by atoms with van der Waals surface area (Å²) in [5.41, 5.74) is 0. The summed E-state index contributed by atoms with van der Waals surface area (Å²) in [6, 6.07) is 0. The van der Waals surface area contributed by atoms with Crippen LogP contribution in [-0.4, -0.2) is 22.2 Å². The first-order valence-corrected chi connectivity index (χ1v) is 3.81. The molecule has 0 rings (SSSR count). The van der Waals surface area contributed by atoms with E-state index in [2.05, 4.69) is 0 Å². The third-order valence-electron chi connectivity index (χ3n) is 1.22. The van der Waals surface area contributed by atoms with E-state index >= 15 is 0 Å². The van der Waals surface area contributed by atoms with E-state index in [1.54, 1.807) is 0 Å². The number of carboxylic acid groups (broad SMARTS) is 2. The Balaban J connectivity index is 0. The molecule has 0 amide bonds. The molecule has 72 valence electrons. The van der Waals surface area contributed by atoms with Gasteiger partial charge in [-0.15, -0.1) is 0 Å². The summed E-state index contributed by atoms with van der Waals surface area (Å²) in [5.74, 6) is -1.20. The number of hydrogen-bond acceptors (Lipinski definition) is 2. The van der Waals surface area contributed by atoms with Crippen molar-refractivity contribution in [1.29, 1.82) is 0 Å². The number of carbonyl (C=O) groups is 2. The zero-order chi connectivity index (χ0) is 10.1. The second kappa shape index (κ2) is 8.04. The molecule has 0 aliphatic heterocycles. The zero-order valence-electron chi connectivity index (χ0n) is 7.70. The van der Waals surface area contributed by atoms with Crippen LogP contribution in [-0.2, 0) is 9.59 Å². The van der Waals surface area contributed by atoms with Crippen LogP contribution in [0, 0.1) is 5.92 Å². The lowest BCUT2D eigenvalue weighted by Gasteiger charge is -2.00. The van der Waals surface area contributed by atoms with Crippen molar-refractivity contribution >= 4 is 11.9 Å². The van der Waals surface area contributed by atoms with Crippen molar-refractivity contribution in [1.82, 2.24) is 0 Å². The Hall–Kier alpha value is -1.06. The van der Waals surface area contributed by atoms with E-state index in [-0.39, 0.29) is 0 Å². The van der Waals surface area contributed by atoms with Gasteiger partial charge in [0.15, 0.2) is 0 Å². The van der Waals surface area contributed by atoms with Crippen LogP contribution in [0.3, 0.4) is 0 Å². The summed E-state index contributed by atoms with van der Waals surface area (Å²) in [7, 11) is 0. The maximum Gasteiger partial charge on any atom is 0.303 e. The van der Waals surface area contributed by atoms with E-state index in [0.29, 0.717) is 12.3 Å². The molecule has 0 spiro atoms. The summed E-state index contributed by atoms with van der Waals surface area (Å²) in [5, 5.41) is 15.6. The van der Waals surface area contributed by atoms with Gasteiger partial charge in [-0.1, -0.05) is 20.3 Å². The van der Waals surface area contributed by atoms with Crippen LogP contribution >= 0.6 is 0 Å². The molecule has 1 atom stereocenters. The summed E-state index contributed by atoms with van der Waals surface area (Å²) < 4.78 is 0. The van der Waals surface area contributed by atoms with E-state index in [1.165, 1.54) is 0 Å². The lowest BCUT2D eigenvalue weighted by molar-refractivity contribution is -0.138. The highest BCUT2D eigenvalue weighted by atomic mass is 16.4. The predicted octanol–water partition coefficient (Wildman–Crippen LogP) is 1.60. The number of carboxylic acids is 2. The topological polar surface area (TPSA) is 74.6 Å². The van der Waals surface area contributed by atoms with E-state index in [9.17, 15) is 4.79 Å². The molecule has 0 aliphatic carbocycles. The van der Waals surface area contributed by atoms with E-state index < -0.39 is 11.9 Å². The molecule has 0 aromatic heterocycles. The lowest BCUT2D eigenvalue weighted by Crippen LogP contribution is -2.02. The molecule has 4 heteroatoms. The number of hydrogen-bond donors (Lipinski definition) is 2. The maximum absolute atomic E-state index is 9.97. The van der Waals surface area contributed by atoms with Crippen molar-refractivity contribution < 1.29 is 19.8 Å². The first-order valence-electron chi connectivity index (χ1n) is 3.81. The van der Waals surface area contributed by atoms with Gasteiger partial charge >= 0.3 is 5.97 Å². The highest BCUT2D eigenvalue weighted by molar-refractivity contribution is 5.66. The van der Waals surface area contributed by atoms with Crippen molar-refractivity contribution in [2.24, 2.45) is 5.92 Å². The Kier molecular flexibility index (Phi) is 9.06. The van der Waals surface area contributed by atoms with Gasteiger partial charge in [0.25, 0.3) is 5.97 Å². The highest BCUT2D eigenvalue weighted by Crippen LogP contribution is 2.04. The fourth-order valence-corrected chi connectivity index (χ4v) is 0.442. The minimum Gasteiger partial charge on any atom is -0.481 e. The molecule has 0 aromatic rings. The van der Waals surface area contributed by atoms with Crippen LogP contribution in [0.4, 0.5) is 0 Å². The minimum atomic E-state index is -0.833. The molecule has 2 N–H and O–H groups in total. The molecule has 4 nitrogen and oxygen atoms in total. The SMILES string of the molecule is CC(=O)O.CCC(C)CC(=O)O. The number of rotatable bonds is 3. The molecule has 0 saturated heterocycles. The fourth-order valence-electron chi connectivity index (χ4n) is 0.442. The molecule has 0 aromatic carbocycles. The molecule has 0 saturated carbocycles. The van der Waals surface area contributed by atoms with Gasteiger partial charge in [-0.2, -0.15) is 0 Å². The first-order chi connectivity index (χ1) is 5.40. The fraction of sp³-hybridized carbons (Fsp3) is 0.750. The molecule has 0 heterocycles. The minimum absolute atomic E-state index is 0.302. The largest absolute Gasteiger partial charge is 0.481 e. The van der Waals surface area contributed by atoms with Crippen molar-refractivity contribution in [3.05, 3.63) is 0 Å². The molecular weight excluding hydrogens is 160 g/mol. The van der Waals surface area contributed by atoms with Gasteiger partial charge in [0.1, 0.15) is 0 Å². The lowest BCUT2D eigenvalue weighted by atomic mass is 10.1. The molecule has 0 bridgehead atoms. The normalized spacial score (nSPS) is 10.9. The second-order valence-electron chi connectivity index (χ2n) is 2.63. The van der Waals surface area contributed by atoms with Gasteiger partial charge in [-0.05, 0) is 5.92 Å². The van der Waals surface area contributed by atoms with Crippen LogP contribution in [0.5, 0.6) is 0 Å². The highest BCUT2D eigenvalue weighted by Gasteiger charge is 2.02. The van der Waals surface area contributed by atoms with E-state index in [1.807, 2.05) is 13.8 Å². The van der Waals surface area contributed by atoms with E-state index in [4.69, 9.17) is 15.0 Å². The summed E-state index contributed by atoms with van der Waals surface area (Å²) >= 11 is 0. The summed E-state index contributed by atoms with van der Waals surface area (Å²) in [6.45, 7) is 5.02. The van der Waals surface area contributed by atoms with Crippen LogP contribution in [0.2, 0.25) is 0 Å². The number of aliphatic carboxylic acids is 2. The van der Waals surface area contributed by atoms with Gasteiger partial charge in [-0.25, -0.2) is 0 Å². The Morgan fingerprint density at radius 1 is 1.33 bits per heavy atom. The standard InChI is InChI=1S/C6H12O2.C2H4O2/c1-3-5(2)4-6(7)8;1-2(3)4/h5H,3-4H2,1-2H3,(H,7,8);1H3,(H,3,4). The average molecular weight is 176 g/mol. The Morgan fingerprint density at radius 3 is 1.75 bits per heavy atom. The second-order valence-corrected chi connectivity index (χ2v) is 2.63. The van der Waals surface area contributed by atoms with Gasteiger partial charge in [0.2, 0.25) is 0 Å². The van der Waals surface area contributed by atoms with Gasteiger partial charge in [0.05, 0.1) is 0 Å². The smallest absolute Gasteiger partial charge is 0.303 e. The Morgan fingerprint density at radius 2 is 1.67 bits per heavy atom. The average Bonchev–Trinajstić information content (AvgIpc) is 1.84. The Bertz CT molecular complexity index is 138. The molecule has 0 radical (unpaired) electrons. The monoisotopic (exact) mass is 176 g/mol.